The minimum absolute atomic E-state index is 0.262. The Kier molecular flexibility index (Phi) is 3.71. The summed E-state index contributed by atoms with van der Waals surface area (Å²) in [7, 11) is 0. The minimum atomic E-state index is -0.777. The highest BCUT2D eigenvalue weighted by Crippen LogP contribution is 2.23. The van der Waals surface area contributed by atoms with Gasteiger partial charge in [0, 0.05) is 18.6 Å². The number of aryl methyl sites for hydroxylation is 2. The number of ether oxygens (including phenoxy) is 1. The van der Waals surface area contributed by atoms with Crippen LogP contribution in [0.15, 0.2) is 21.3 Å². The largest absolute Gasteiger partial charge is 0.464 e. The molecule has 0 aliphatic rings. The number of hydrogen-bond acceptors (Lipinski definition) is 5. The van der Waals surface area contributed by atoms with Crippen molar-refractivity contribution in [3.8, 4) is 0 Å². The van der Waals surface area contributed by atoms with Crippen molar-refractivity contribution < 1.29 is 13.9 Å². The van der Waals surface area contributed by atoms with Gasteiger partial charge in [-0.3, -0.25) is 9.20 Å². The Balaban J connectivity index is 2.28. The van der Waals surface area contributed by atoms with Gasteiger partial charge in [0.2, 0.25) is 0 Å². The Morgan fingerprint density at radius 2 is 2.09 bits per heavy atom. The van der Waals surface area contributed by atoms with Crippen molar-refractivity contribution in [2.75, 3.05) is 6.61 Å². The number of nitrogens with zero attached hydrogens (tertiary/aromatic N) is 3. The van der Waals surface area contributed by atoms with Crippen molar-refractivity contribution in [3.05, 3.63) is 34.1 Å². The van der Waals surface area contributed by atoms with E-state index in [4.69, 9.17) is 9.15 Å². The van der Waals surface area contributed by atoms with Crippen LogP contribution in [0, 0.1) is 6.92 Å². The van der Waals surface area contributed by atoms with Crippen LogP contribution in [0.25, 0.3) is 16.6 Å². The van der Waals surface area contributed by atoms with E-state index in [0.29, 0.717) is 23.3 Å². The fraction of sp³-hybridized carbons (Fsp3) is 0.438. The van der Waals surface area contributed by atoms with E-state index in [-0.39, 0.29) is 12.2 Å². The van der Waals surface area contributed by atoms with Crippen LogP contribution in [0.5, 0.6) is 0 Å². The van der Waals surface area contributed by atoms with E-state index in [2.05, 4.69) is 5.10 Å². The van der Waals surface area contributed by atoms with Crippen LogP contribution in [0.3, 0.4) is 0 Å². The van der Waals surface area contributed by atoms with E-state index in [1.165, 1.54) is 4.68 Å². The van der Waals surface area contributed by atoms with Gasteiger partial charge in [-0.1, -0.05) is 6.92 Å². The zero-order chi connectivity index (χ0) is 16.7. The molecular formula is C16H19N3O4. The molecule has 0 saturated carbocycles. The van der Waals surface area contributed by atoms with Crippen molar-refractivity contribution in [2.24, 2.45) is 0 Å². The lowest BCUT2D eigenvalue weighted by Gasteiger charge is -2.14. The molecule has 7 nitrogen and oxygen atoms in total. The first-order chi connectivity index (χ1) is 11.0. The molecule has 3 aromatic rings. The van der Waals surface area contributed by atoms with E-state index < -0.39 is 12.0 Å². The van der Waals surface area contributed by atoms with Gasteiger partial charge in [-0.2, -0.15) is 5.10 Å². The molecule has 0 radical (unpaired) electrons. The van der Waals surface area contributed by atoms with Crippen LogP contribution >= 0.6 is 0 Å². The molecule has 23 heavy (non-hydrogen) atoms. The topological polar surface area (TPSA) is 78.7 Å². The number of esters is 1. The molecule has 0 unspecified atom stereocenters. The van der Waals surface area contributed by atoms with Crippen LogP contribution < -0.4 is 5.56 Å². The molecule has 3 heterocycles. The molecule has 3 aromatic heterocycles. The second-order valence-electron chi connectivity index (χ2n) is 5.42. The summed E-state index contributed by atoms with van der Waals surface area (Å²) in [5.74, 6) is 0.988. The predicted molar refractivity (Wildman–Crippen MR) is 84.7 cm³/mol. The highest BCUT2D eigenvalue weighted by Gasteiger charge is 2.23. The zero-order valence-corrected chi connectivity index (χ0v) is 13.6. The third-order valence-corrected chi connectivity index (χ3v) is 3.83. The van der Waals surface area contributed by atoms with E-state index in [1.54, 1.807) is 24.3 Å². The maximum atomic E-state index is 12.7. The van der Waals surface area contributed by atoms with Crippen LogP contribution in [-0.4, -0.2) is 26.8 Å². The van der Waals surface area contributed by atoms with Crippen molar-refractivity contribution >= 4 is 22.6 Å². The van der Waals surface area contributed by atoms with Gasteiger partial charge >= 0.3 is 5.97 Å². The number of hydrogen-bond donors (Lipinski definition) is 0. The first-order valence-corrected chi connectivity index (χ1v) is 7.67. The molecule has 0 fully saturated rings. The van der Waals surface area contributed by atoms with Gasteiger partial charge in [0.15, 0.2) is 11.6 Å². The number of furan rings is 1. The number of fused-ring (bicyclic) bond motifs is 3. The summed E-state index contributed by atoms with van der Waals surface area (Å²) in [6.45, 7) is 7.41. The average Bonchev–Trinajstić information content (AvgIpc) is 3.04. The lowest BCUT2D eigenvalue weighted by Crippen LogP contribution is -2.33. The minimum Gasteiger partial charge on any atom is -0.464 e. The van der Waals surface area contributed by atoms with Crippen molar-refractivity contribution in [3.63, 3.8) is 0 Å². The smallest absolute Gasteiger partial charge is 0.330 e. The molecule has 7 heteroatoms. The third kappa shape index (κ3) is 2.32. The fourth-order valence-electron chi connectivity index (χ4n) is 2.74. The molecule has 0 aliphatic heterocycles. The Morgan fingerprint density at radius 1 is 1.35 bits per heavy atom. The van der Waals surface area contributed by atoms with Gasteiger partial charge in [0.1, 0.15) is 17.1 Å². The monoisotopic (exact) mass is 317 g/mol. The summed E-state index contributed by atoms with van der Waals surface area (Å²) in [6, 6.07) is 2.79. The molecule has 3 rings (SSSR count). The average molecular weight is 317 g/mol. The van der Waals surface area contributed by atoms with Crippen molar-refractivity contribution in [1.29, 1.82) is 0 Å². The first kappa shape index (κ1) is 15.3. The standard InChI is InChI=1S/C16H19N3O4/c1-5-14-17-19(10(4)16(21)22-6-2)15(20)12-8-13-11(18(12)14)7-9(3)23-13/h7-8,10H,5-6H2,1-4H3/t10-/m1/s1. The second-order valence-corrected chi connectivity index (χ2v) is 5.42. The summed E-state index contributed by atoms with van der Waals surface area (Å²) in [4.78, 5) is 24.7. The highest BCUT2D eigenvalue weighted by molar-refractivity contribution is 5.83. The maximum Gasteiger partial charge on any atom is 0.330 e. The lowest BCUT2D eigenvalue weighted by atomic mass is 10.3. The van der Waals surface area contributed by atoms with E-state index in [0.717, 1.165) is 11.3 Å². The maximum absolute atomic E-state index is 12.7. The van der Waals surface area contributed by atoms with E-state index in [1.807, 2.05) is 19.9 Å². The number of aromatic nitrogens is 3. The Morgan fingerprint density at radius 3 is 2.74 bits per heavy atom. The summed E-state index contributed by atoms with van der Waals surface area (Å²) in [5.41, 5.74) is 1.56. The third-order valence-electron chi connectivity index (χ3n) is 3.83. The lowest BCUT2D eigenvalue weighted by molar-refractivity contribution is -0.147. The van der Waals surface area contributed by atoms with Crippen molar-refractivity contribution in [1.82, 2.24) is 14.2 Å². The summed E-state index contributed by atoms with van der Waals surface area (Å²) in [5, 5.41) is 4.38. The molecule has 0 aliphatic carbocycles. The first-order valence-electron chi connectivity index (χ1n) is 7.67. The van der Waals surface area contributed by atoms with Gasteiger partial charge in [-0.25, -0.2) is 9.48 Å². The molecule has 122 valence electrons. The van der Waals surface area contributed by atoms with Crippen LogP contribution in [0.1, 0.15) is 38.4 Å². The number of carbonyl (C=O) groups excluding carboxylic acids is 1. The second kappa shape index (κ2) is 5.57. The van der Waals surface area contributed by atoms with Crippen LogP contribution in [-0.2, 0) is 16.0 Å². The summed E-state index contributed by atoms with van der Waals surface area (Å²) in [6.07, 6.45) is 0.611. The normalized spacial score (nSPS) is 12.9. The van der Waals surface area contributed by atoms with Gasteiger partial charge in [0.05, 0.1) is 12.1 Å². The van der Waals surface area contributed by atoms with Crippen LogP contribution in [0.2, 0.25) is 0 Å². The van der Waals surface area contributed by atoms with Gasteiger partial charge in [0.25, 0.3) is 5.56 Å². The Hall–Kier alpha value is -2.57. The summed E-state index contributed by atoms with van der Waals surface area (Å²) < 4.78 is 13.6. The molecule has 0 saturated heterocycles. The Labute approximate surface area is 132 Å². The molecule has 0 spiro atoms. The molecule has 0 bridgehead atoms. The van der Waals surface area contributed by atoms with Crippen molar-refractivity contribution in [2.45, 2.75) is 40.2 Å². The Bertz CT molecular complexity index is 948. The molecule has 0 N–H and O–H groups in total. The highest BCUT2D eigenvalue weighted by atomic mass is 16.5. The molecule has 0 amide bonds. The van der Waals surface area contributed by atoms with Gasteiger partial charge in [-0.15, -0.1) is 0 Å². The molecule has 0 aromatic carbocycles. The van der Waals surface area contributed by atoms with Gasteiger partial charge < -0.3 is 9.15 Å². The number of carbonyl (C=O) groups is 1. The number of rotatable bonds is 4. The zero-order valence-electron chi connectivity index (χ0n) is 13.6. The van der Waals surface area contributed by atoms with Gasteiger partial charge in [-0.05, 0) is 20.8 Å². The molecule has 1 atom stereocenters. The van der Waals surface area contributed by atoms with Crippen LogP contribution in [0.4, 0.5) is 0 Å². The predicted octanol–water partition coefficient (Wildman–Crippen LogP) is 2.24. The summed E-state index contributed by atoms with van der Waals surface area (Å²) >= 11 is 0. The van der Waals surface area contributed by atoms with E-state index in [9.17, 15) is 9.59 Å². The molecular weight excluding hydrogens is 298 g/mol. The quantitative estimate of drug-likeness (QED) is 0.690. The SMILES string of the molecule is CCOC(=O)[C@@H](C)n1nc(CC)n2c(cc3oc(C)cc32)c1=O. The fourth-order valence-corrected chi connectivity index (χ4v) is 2.74. The van der Waals surface area contributed by atoms with E-state index >= 15 is 0 Å².